The molecule has 0 aliphatic carbocycles. The van der Waals surface area contributed by atoms with Crippen molar-refractivity contribution in [2.24, 2.45) is 0 Å². The van der Waals surface area contributed by atoms with Crippen LogP contribution in [-0.4, -0.2) is 20.6 Å². The van der Waals surface area contributed by atoms with Crippen molar-refractivity contribution in [3.8, 4) is 6.07 Å². The second kappa shape index (κ2) is 5.10. The van der Waals surface area contributed by atoms with Crippen molar-refractivity contribution >= 4 is 17.0 Å². The van der Waals surface area contributed by atoms with E-state index in [1.165, 1.54) is 6.07 Å². The molecule has 0 amide bonds. The van der Waals surface area contributed by atoms with E-state index in [0.717, 1.165) is 16.6 Å². The highest BCUT2D eigenvalue weighted by Crippen LogP contribution is 2.17. The molecule has 0 spiro atoms. The molecule has 102 valence electrons. The molecule has 0 atom stereocenters. The third-order valence-corrected chi connectivity index (χ3v) is 3.28. The zero-order valence-corrected chi connectivity index (χ0v) is 11.0. The predicted molar refractivity (Wildman–Crippen MR) is 77.0 cm³/mol. The summed E-state index contributed by atoms with van der Waals surface area (Å²) in [6.45, 7) is 0.537. The molecule has 5 heteroatoms. The minimum Gasteiger partial charge on any atom is -0.478 e. The predicted octanol–water partition coefficient (Wildman–Crippen LogP) is 2.65. The minimum atomic E-state index is -0.962. The first-order valence-electron chi connectivity index (χ1n) is 6.34. The van der Waals surface area contributed by atoms with Gasteiger partial charge in [-0.2, -0.15) is 5.26 Å². The number of aromatic carboxylic acids is 1. The molecule has 3 rings (SSSR count). The van der Waals surface area contributed by atoms with E-state index >= 15 is 0 Å². The molecule has 3 aromatic rings. The molecule has 0 aliphatic rings. The van der Waals surface area contributed by atoms with Gasteiger partial charge >= 0.3 is 5.97 Å². The van der Waals surface area contributed by atoms with Gasteiger partial charge in [-0.25, -0.2) is 9.78 Å². The van der Waals surface area contributed by atoms with Crippen LogP contribution in [0.1, 0.15) is 21.5 Å². The van der Waals surface area contributed by atoms with E-state index in [0.29, 0.717) is 12.1 Å². The van der Waals surface area contributed by atoms with E-state index in [2.05, 4.69) is 11.1 Å². The summed E-state index contributed by atoms with van der Waals surface area (Å²) in [6.07, 6.45) is 1.68. The lowest BCUT2D eigenvalue weighted by Crippen LogP contribution is -2.00. The van der Waals surface area contributed by atoms with Crippen LogP contribution in [0.2, 0.25) is 0 Å². The van der Waals surface area contributed by atoms with Crippen molar-refractivity contribution in [3.63, 3.8) is 0 Å². The molecule has 1 heterocycles. The van der Waals surface area contributed by atoms with Gasteiger partial charge in [0.2, 0.25) is 0 Å². The van der Waals surface area contributed by atoms with E-state index in [9.17, 15) is 4.79 Å². The maximum atomic E-state index is 11.1. The van der Waals surface area contributed by atoms with E-state index in [-0.39, 0.29) is 5.56 Å². The number of carboxylic acid groups (broad SMARTS) is 1. The number of benzene rings is 2. The van der Waals surface area contributed by atoms with Gasteiger partial charge in [0.15, 0.2) is 0 Å². The van der Waals surface area contributed by atoms with Crippen LogP contribution in [-0.2, 0) is 6.54 Å². The van der Waals surface area contributed by atoms with Gasteiger partial charge in [0, 0.05) is 6.54 Å². The number of nitrogens with zero attached hydrogens (tertiary/aromatic N) is 3. The quantitative estimate of drug-likeness (QED) is 0.798. The molecule has 0 unspecified atom stereocenters. The molecule has 0 aliphatic heterocycles. The summed E-state index contributed by atoms with van der Waals surface area (Å²) >= 11 is 0. The summed E-state index contributed by atoms with van der Waals surface area (Å²) in [5, 5.41) is 18.0. The van der Waals surface area contributed by atoms with Crippen LogP contribution in [0.4, 0.5) is 0 Å². The van der Waals surface area contributed by atoms with Gasteiger partial charge in [0.25, 0.3) is 0 Å². The van der Waals surface area contributed by atoms with Gasteiger partial charge in [-0.15, -0.1) is 0 Å². The monoisotopic (exact) mass is 277 g/mol. The normalized spacial score (nSPS) is 10.4. The zero-order chi connectivity index (χ0) is 14.8. The second-order valence-corrected chi connectivity index (χ2v) is 4.69. The summed E-state index contributed by atoms with van der Waals surface area (Å²) in [5.41, 5.74) is 3.31. The molecule has 1 N–H and O–H groups in total. The Morgan fingerprint density at radius 1 is 1.29 bits per heavy atom. The number of rotatable bonds is 3. The van der Waals surface area contributed by atoms with Crippen LogP contribution in [0.5, 0.6) is 0 Å². The smallest absolute Gasteiger partial charge is 0.335 e. The lowest BCUT2D eigenvalue weighted by atomic mass is 10.1. The number of hydrogen-bond donors (Lipinski definition) is 1. The fourth-order valence-electron chi connectivity index (χ4n) is 2.25. The van der Waals surface area contributed by atoms with Crippen LogP contribution < -0.4 is 0 Å². The highest BCUT2D eigenvalue weighted by atomic mass is 16.4. The first-order valence-corrected chi connectivity index (χ1v) is 6.34. The Morgan fingerprint density at radius 2 is 2.14 bits per heavy atom. The molecule has 0 bridgehead atoms. The van der Waals surface area contributed by atoms with Crippen molar-refractivity contribution in [1.29, 1.82) is 5.26 Å². The van der Waals surface area contributed by atoms with Crippen LogP contribution in [0.15, 0.2) is 48.8 Å². The number of hydrogen-bond acceptors (Lipinski definition) is 3. The van der Waals surface area contributed by atoms with Crippen molar-refractivity contribution in [2.75, 3.05) is 0 Å². The number of fused-ring (bicyclic) bond motifs is 1. The summed E-state index contributed by atoms with van der Waals surface area (Å²) in [6, 6.07) is 14.3. The Bertz CT molecular complexity index is 875. The Hall–Kier alpha value is -3.13. The molecule has 5 nitrogen and oxygen atoms in total. The maximum absolute atomic E-state index is 11.1. The largest absolute Gasteiger partial charge is 0.478 e. The van der Waals surface area contributed by atoms with Gasteiger partial charge in [0.1, 0.15) is 0 Å². The molecule has 1 aromatic heterocycles. The highest BCUT2D eigenvalue weighted by molar-refractivity contribution is 5.92. The molecule has 2 aromatic carbocycles. The van der Waals surface area contributed by atoms with Crippen LogP contribution >= 0.6 is 0 Å². The third kappa shape index (κ3) is 2.47. The molecule has 0 saturated heterocycles. The van der Waals surface area contributed by atoms with E-state index in [4.69, 9.17) is 10.4 Å². The Kier molecular flexibility index (Phi) is 3.13. The summed E-state index contributed by atoms with van der Waals surface area (Å²) in [7, 11) is 0. The number of nitriles is 1. The number of imidazole rings is 1. The zero-order valence-electron chi connectivity index (χ0n) is 11.0. The first kappa shape index (κ1) is 12.9. The fraction of sp³-hybridized carbons (Fsp3) is 0.0625. The van der Waals surface area contributed by atoms with Crippen molar-refractivity contribution in [2.45, 2.75) is 6.54 Å². The Labute approximate surface area is 120 Å². The van der Waals surface area contributed by atoms with Crippen LogP contribution in [0.3, 0.4) is 0 Å². The highest BCUT2D eigenvalue weighted by Gasteiger charge is 2.08. The minimum absolute atomic E-state index is 0.232. The number of aromatic nitrogens is 2. The van der Waals surface area contributed by atoms with Gasteiger partial charge < -0.3 is 9.67 Å². The third-order valence-electron chi connectivity index (χ3n) is 3.28. The first-order chi connectivity index (χ1) is 10.2. The van der Waals surface area contributed by atoms with Crippen molar-refractivity contribution < 1.29 is 9.90 Å². The van der Waals surface area contributed by atoms with Crippen LogP contribution in [0.25, 0.3) is 11.0 Å². The average molecular weight is 277 g/mol. The molecule has 21 heavy (non-hydrogen) atoms. The molecule has 0 radical (unpaired) electrons. The van der Waals surface area contributed by atoms with Crippen molar-refractivity contribution in [3.05, 3.63) is 65.5 Å². The second-order valence-electron chi connectivity index (χ2n) is 4.69. The van der Waals surface area contributed by atoms with E-state index < -0.39 is 5.97 Å². The van der Waals surface area contributed by atoms with E-state index in [1.54, 1.807) is 24.5 Å². The summed E-state index contributed by atoms with van der Waals surface area (Å²) in [5.74, 6) is -0.962. The molecular weight excluding hydrogens is 266 g/mol. The summed E-state index contributed by atoms with van der Waals surface area (Å²) in [4.78, 5) is 15.3. The van der Waals surface area contributed by atoms with Gasteiger partial charge in [-0.05, 0) is 35.9 Å². The Morgan fingerprint density at radius 3 is 2.90 bits per heavy atom. The lowest BCUT2D eigenvalue weighted by molar-refractivity contribution is 0.0697. The number of carbonyl (C=O) groups is 1. The molecule has 0 saturated carbocycles. The van der Waals surface area contributed by atoms with Gasteiger partial charge in [-0.3, -0.25) is 0 Å². The van der Waals surface area contributed by atoms with Crippen molar-refractivity contribution in [1.82, 2.24) is 9.55 Å². The molecule has 0 fully saturated rings. The maximum Gasteiger partial charge on any atom is 0.335 e. The topological polar surface area (TPSA) is 78.9 Å². The fourth-order valence-corrected chi connectivity index (χ4v) is 2.25. The molecular formula is C16H11N3O2. The van der Waals surface area contributed by atoms with E-state index in [1.807, 2.05) is 22.8 Å². The van der Waals surface area contributed by atoms with Gasteiger partial charge in [0.05, 0.1) is 34.6 Å². The number of carboxylic acids is 1. The average Bonchev–Trinajstić information content (AvgIpc) is 2.90. The SMILES string of the molecule is N#Cc1cccc(Cn2cnc3ccc(C(=O)O)cc32)c1. The van der Waals surface area contributed by atoms with Crippen LogP contribution in [0, 0.1) is 11.3 Å². The Balaban J connectivity index is 2.02. The van der Waals surface area contributed by atoms with Gasteiger partial charge in [-0.1, -0.05) is 12.1 Å². The standard InChI is InChI=1S/C16H11N3O2/c17-8-11-2-1-3-12(6-11)9-19-10-18-14-5-4-13(16(20)21)7-15(14)19/h1-7,10H,9H2,(H,20,21). The lowest BCUT2D eigenvalue weighted by Gasteiger charge is -2.05. The summed E-state index contributed by atoms with van der Waals surface area (Å²) < 4.78 is 1.87.